The average molecular weight is 270 g/mol. The van der Waals surface area contributed by atoms with Crippen molar-refractivity contribution in [3.63, 3.8) is 0 Å². The Hall–Kier alpha value is -1.25. The van der Waals surface area contributed by atoms with Crippen LogP contribution in [0.1, 0.15) is 16.9 Å². The van der Waals surface area contributed by atoms with Gasteiger partial charge in [0, 0.05) is 4.88 Å². The van der Waals surface area contributed by atoms with Crippen molar-refractivity contribution < 1.29 is 8.42 Å². The second-order valence-corrected chi connectivity index (χ2v) is 6.54. The molecule has 0 aromatic carbocycles. The maximum atomic E-state index is 11.1. The number of sulfonamides is 1. The second kappa shape index (κ2) is 3.62. The van der Waals surface area contributed by atoms with Crippen LogP contribution in [0.2, 0.25) is 0 Å². The fraction of sp³-hybridized carbons (Fsp3) is 0.333. The Morgan fingerprint density at radius 1 is 1.41 bits per heavy atom. The highest BCUT2D eigenvalue weighted by Crippen LogP contribution is 2.35. The molecular formula is C9H10N4O2S2. The zero-order chi connectivity index (χ0) is 12.0. The van der Waals surface area contributed by atoms with Gasteiger partial charge in [-0.05, 0) is 30.9 Å². The van der Waals surface area contributed by atoms with Crippen LogP contribution in [0.15, 0.2) is 11.2 Å². The number of hydrogen-bond donors (Lipinski definition) is 2. The molecule has 0 unspecified atom stereocenters. The molecular weight excluding hydrogens is 260 g/mol. The van der Waals surface area contributed by atoms with Crippen LogP contribution in [0.4, 0.5) is 0 Å². The summed E-state index contributed by atoms with van der Waals surface area (Å²) in [6.45, 7) is 0. The van der Waals surface area contributed by atoms with Gasteiger partial charge in [0.25, 0.3) is 15.2 Å². The van der Waals surface area contributed by atoms with Gasteiger partial charge in [0.2, 0.25) is 0 Å². The number of nitrogens with two attached hydrogens (primary N) is 1. The van der Waals surface area contributed by atoms with Crippen molar-refractivity contribution in [2.75, 3.05) is 0 Å². The van der Waals surface area contributed by atoms with E-state index in [4.69, 9.17) is 5.14 Å². The Morgan fingerprint density at radius 3 is 2.88 bits per heavy atom. The number of aromatic amines is 1. The van der Waals surface area contributed by atoms with Crippen molar-refractivity contribution in [2.24, 2.45) is 5.14 Å². The maximum Gasteiger partial charge on any atom is 0.273 e. The zero-order valence-electron chi connectivity index (χ0n) is 8.80. The van der Waals surface area contributed by atoms with Gasteiger partial charge in [-0.2, -0.15) is 10.1 Å². The van der Waals surface area contributed by atoms with Crippen LogP contribution in [0.25, 0.3) is 10.7 Å². The van der Waals surface area contributed by atoms with Crippen LogP contribution < -0.4 is 5.14 Å². The van der Waals surface area contributed by atoms with Gasteiger partial charge in [-0.1, -0.05) is 0 Å². The van der Waals surface area contributed by atoms with E-state index in [9.17, 15) is 8.42 Å². The quantitative estimate of drug-likeness (QED) is 0.837. The lowest BCUT2D eigenvalue weighted by molar-refractivity contribution is 0.589. The third-order valence-electron chi connectivity index (χ3n) is 2.70. The molecule has 90 valence electrons. The van der Waals surface area contributed by atoms with E-state index in [-0.39, 0.29) is 5.16 Å². The molecule has 0 atom stereocenters. The maximum absolute atomic E-state index is 11.1. The molecule has 6 nitrogen and oxygen atoms in total. The predicted octanol–water partition coefficient (Wildman–Crippen LogP) is 0.669. The normalized spacial score (nSPS) is 15.1. The number of H-pyrrole nitrogens is 1. The van der Waals surface area contributed by atoms with Crippen LogP contribution in [-0.2, 0) is 22.9 Å². The van der Waals surface area contributed by atoms with Crippen molar-refractivity contribution >= 4 is 21.4 Å². The Bertz CT molecular complexity index is 649. The number of primary sulfonamides is 1. The zero-order valence-corrected chi connectivity index (χ0v) is 10.4. The highest BCUT2D eigenvalue weighted by molar-refractivity contribution is 7.89. The molecule has 0 spiro atoms. The first-order chi connectivity index (χ1) is 8.04. The Morgan fingerprint density at radius 2 is 2.24 bits per heavy atom. The standard InChI is InChI=1S/C9H10N4O2S2/c10-17(14,15)9-11-8(12-13-9)7-4-5-2-1-3-6(5)16-7/h4H,1-3H2,(H2,10,14,15)(H,11,12,13). The fourth-order valence-electron chi connectivity index (χ4n) is 1.92. The van der Waals surface area contributed by atoms with Crippen LogP contribution in [0, 0.1) is 0 Å². The van der Waals surface area contributed by atoms with E-state index in [0.29, 0.717) is 5.82 Å². The van der Waals surface area contributed by atoms with Gasteiger partial charge in [-0.15, -0.1) is 11.3 Å². The number of thiophene rings is 1. The third-order valence-corrected chi connectivity index (χ3v) is 4.66. The summed E-state index contributed by atoms with van der Waals surface area (Å²) < 4.78 is 22.1. The fourth-order valence-corrected chi connectivity index (χ4v) is 3.50. The lowest BCUT2D eigenvalue weighted by Gasteiger charge is -1.88. The monoisotopic (exact) mass is 270 g/mol. The van der Waals surface area contributed by atoms with E-state index in [1.165, 1.54) is 16.9 Å². The molecule has 0 bridgehead atoms. The summed E-state index contributed by atoms with van der Waals surface area (Å²) in [5.41, 5.74) is 1.33. The summed E-state index contributed by atoms with van der Waals surface area (Å²) in [4.78, 5) is 6.13. The minimum absolute atomic E-state index is 0.291. The van der Waals surface area contributed by atoms with Crippen LogP contribution >= 0.6 is 11.3 Å². The van der Waals surface area contributed by atoms with Gasteiger partial charge in [-0.3, -0.25) is 0 Å². The predicted molar refractivity (Wildman–Crippen MR) is 63.1 cm³/mol. The lowest BCUT2D eigenvalue weighted by Crippen LogP contribution is -2.13. The number of nitrogens with zero attached hydrogens (tertiary/aromatic N) is 2. The molecule has 2 heterocycles. The van der Waals surface area contributed by atoms with Crippen molar-refractivity contribution in [2.45, 2.75) is 24.4 Å². The molecule has 3 rings (SSSR count). The van der Waals surface area contributed by atoms with Gasteiger partial charge in [0.05, 0.1) is 4.88 Å². The van der Waals surface area contributed by atoms with Gasteiger partial charge in [0.15, 0.2) is 5.82 Å². The molecule has 0 amide bonds. The van der Waals surface area contributed by atoms with Crippen LogP contribution in [0.5, 0.6) is 0 Å². The van der Waals surface area contributed by atoms with Crippen LogP contribution in [-0.4, -0.2) is 23.6 Å². The highest BCUT2D eigenvalue weighted by atomic mass is 32.2. The third kappa shape index (κ3) is 1.88. The Balaban J connectivity index is 2.01. The van der Waals surface area contributed by atoms with E-state index in [0.717, 1.165) is 17.7 Å². The van der Waals surface area contributed by atoms with Crippen molar-refractivity contribution in [3.05, 3.63) is 16.5 Å². The lowest BCUT2D eigenvalue weighted by atomic mass is 10.2. The summed E-state index contributed by atoms with van der Waals surface area (Å²) in [6, 6.07) is 2.03. The Labute approximate surface area is 102 Å². The van der Waals surface area contributed by atoms with Crippen molar-refractivity contribution in [1.29, 1.82) is 0 Å². The SMILES string of the molecule is NS(=O)(=O)c1nc(-c2cc3c(s2)CCC3)n[nH]1. The molecule has 1 aliphatic rings. The van der Waals surface area contributed by atoms with Crippen molar-refractivity contribution in [1.82, 2.24) is 15.2 Å². The molecule has 2 aromatic heterocycles. The average Bonchev–Trinajstić information content (AvgIpc) is 2.90. The first-order valence-electron chi connectivity index (χ1n) is 5.11. The number of hydrogen-bond acceptors (Lipinski definition) is 5. The highest BCUT2D eigenvalue weighted by Gasteiger charge is 2.20. The Kier molecular flexibility index (Phi) is 2.32. The molecule has 0 saturated heterocycles. The molecule has 17 heavy (non-hydrogen) atoms. The van der Waals surface area contributed by atoms with E-state index in [1.54, 1.807) is 11.3 Å². The number of rotatable bonds is 2. The number of fused-ring (bicyclic) bond motifs is 1. The van der Waals surface area contributed by atoms with Crippen LogP contribution in [0.3, 0.4) is 0 Å². The van der Waals surface area contributed by atoms with E-state index in [1.807, 2.05) is 6.07 Å². The molecule has 3 N–H and O–H groups in total. The molecule has 0 radical (unpaired) electrons. The van der Waals surface area contributed by atoms with E-state index in [2.05, 4.69) is 15.2 Å². The smallest absolute Gasteiger partial charge is 0.248 e. The van der Waals surface area contributed by atoms with Gasteiger partial charge in [-0.25, -0.2) is 18.7 Å². The molecule has 1 aliphatic carbocycles. The topological polar surface area (TPSA) is 102 Å². The van der Waals surface area contributed by atoms with E-state index < -0.39 is 10.0 Å². The van der Waals surface area contributed by atoms with E-state index >= 15 is 0 Å². The first kappa shape index (κ1) is 10.9. The molecule has 2 aromatic rings. The minimum Gasteiger partial charge on any atom is -0.248 e. The number of nitrogens with one attached hydrogen (secondary N) is 1. The summed E-state index contributed by atoms with van der Waals surface area (Å²) in [7, 11) is -3.81. The number of aromatic nitrogens is 3. The minimum atomic E-state index is -3.81. The van der Waals surface area contributed by atoms with Gasteiger partial charge in [0.1, 0.15) is 0 Å². The molecule has 0 saturated carbocycles. The van der Waals surface area contributed by atoms with Gasteiger partial charge >= 0.3 is 0 Å². The second-order valence-electron chi connectivity index (χ2n) is 3.92. The summed E-state index contributed by atoms with van der Waals surface area (Å²) in [5, 5.41) is 10.9. The summed E-state index contributed by atoms with van der Waals surface area (Å²) >= 11 is 1.62. The number of aryl methyl sites for hydroxylation is 2. The molecule has 0 aliphatic heterocycles. The molecule has 0 fully saturated rings. The molecule has 8 heteroatoms. The summed E-state index contributed by atoms with van der Waals surface area (Å²) in [6.07, 6.45) is 3.36. The van der Waals surface area contributed by atoms with Crippen molar-refractivity contribution in [3.8, 4) is 10.7 Å². The van der Waals surface area contributed by atoms with Gasteiger partial charge < -0.3 is 0 Å². The summed E-state index contributed by atoms with van der Waals surface area (Å²) in [5.74, 6) is 0.397. The largest absolute Gasteiger partial charge is 0.273 e. The first-order valence-corrected chi connectivity index (χ1v) is 7.47.